The molecule has 0 amide bonds. The minimum absolute atomic E-state index is 0.165. The Bertz CT molecular complexity index is 886. The first-order chi connectivity index (χ1) is 15.9. The molecule has 4 nitrogen and oxygen atoms in total. The molecule has 0 spiro atoms. The molecule has 0 heterocycles. The lowest BCUT2D eigenvalue weighted by Crippen LogP contribution is -2.49. The van der Waals surface area contributed by atoms with Crippen LogP contribution in [0.2, 0.25) is 0 Å². The van der Waals surface area contributed by atoms with Gasteiger partial charge in [0.15, 0.2) is 0 Å². The number of ketones is 1. The molecular weight excluding hydrogens is 424 g/mol. The fourth-order valence-electron chi connectivity index (χ4n) is 9.03. The van der Waals surface area contributed by atoms with Crippen LogP contribution >= 0.6 is 0 Å². The summed E-state index contributed by atoms with van der Waals surface area (Å²) < 4.78 is 4.84. The van der Waals surface area contributed by atoms with E-state index in [0.29, 0.717) is 52.4 Å². The molecule has 0 bridgehead atoms. The van der Waals surface area contributed by atoms with Crippen molar-refractivity contribution in [3.05, 3.63) is 23.8 Å². The molecule has 190 valence electrons. The number of ether oxygens (including phenoxy) is 1. The number of fused-ring (bicyclic) bond motifs is 5. The summed E-state index contributed by atoms with van der Waals surface area (Å²) in [6, 6.07) is 0. The first-order valence-electron chi connectivity index (χ1n) is 13.7. The van der Waals surface area contributed by atoms with Crippen molar-refractivity contribution in [2.45, 2.75) is 92.1 Å². The molecule has 4 heteroatoms. The standard InChI is InChI=1S/C30H46O4/c1-8-20(18(2)3)10-9-19(4)22-13-14-23-21-11-12-25-26(31)30(33,27(32)34-7)17-29(25,6)24(21)15-16-28(22,23)5/h9-10,12,18-24,33H,8,11,13-17H2,1-7H3/b10-9+/t19-,20-,21+,22-,23+,24+,28-,29-,30+/m1/s1. The number of hydrogen-bond donors (Lipinski definition) is 1. The van der Waals surface area contributed by atoms with Gasteiger partial charge < -0.3 is 9.84 Å². The Morgan fingerprint density at radius 2 is 1.88 bits per heavy atom. The van der Waals surface area contributed by atoms with Crippen LogP contribution < -0.4 is 0 Å². The minimum atomic E-state index is -2.02. The highest BCUT2D eigenvalue weighted by Crippen LogP contribution is 2.68. The van der Waals surface area contributed by atoms with Crippen LogP contribution in [0.3, 0.4) is 0 Å². The number of allylic oxidation sites excluding steroid dienone is 3. The first-order valence-corrected chi connectivity index (χ1v) is 13.7. The normalized spacial score (nSPS) is 43.3. The maximum atomic E-state index is 13.1. The van der Waals surface area contributed by atoms with Gasteiger partial charge in [0, 0.05) is 17.4 Å². The zero-order valence-electron chi connectivity index (χ0n) is 22.4. The van der Waals surface area contributed by atoms with E-state index in [0.717, 1.165) is 19.3 Å². The van der Waals surface area contributed by atoms with Crippen LogP contribution in [-0.4, -0.2) is 29.6 Å². The van der Waals surface area contributed by atoms with E-state index in [9.17, 15) is 14.7 Å². The number of hydrogen-bond acceptors (Lipinski definition) is 4. The quantitative estimate of drug-likeness (QED) is 0.288. The molecule has 34 heavy (non-hydrogen) atoms. The first kappa shape index (κ1) is 25.7. The van der Waals surface area contributed by atoms with Crippen LogP contribution in [0.15, 0.2) is 23.8 Å². The summed E-state index contributed by atoms with van der Waals surface area (Å²) in [7, 11) is 1.25. The maximum absolute atomic E-state index is 13.1. The van der Waals surface area contributed by atoms with Gasteiger partial charge in [-0.15, -0.1) is 0 Å². The van der Waals surface area contributed by atoms with E-state index in [4.69, 9.17) is 4.74 Å². The molecule has 0 saturated heterocycles. The summed E-state index contributed by atoms with van der Waals surface area (Å²) in [5.74, 6) is 2.85. The molecule has 4 aliphatic rings. The minimum Gasteiger partial charge on any atom is -0.467 e. The lowest BCUT2D eigenvalue weighted by atomic mass is 9.49. The number of carbonyl (C=O) groups is 2. The average Bonchev–Trinajstić information content (AvgIpc) is 3.25. The predicted molar refractivity (Wildman–Crippen MR) is 135 cm³/mol. The van der Waals surface area contributed by atoms with Gasteiger partial charge in [-0.05, 0) is 85.4 Å². The topological polar surface area (TPSA) is 63.6 Å². The Hall–Kier alpha value is -1.42. The zero-order valence-corrected chi connectivity index (χ0v) is 22.4. The van der Waals surface area contributed by atoms with Gasteiger partial charge in [-0.25, -0.2) is 4.79 Å². The van der Waals surface area contributed by atoms with Gasteiger partial charge in [0.05, 0.1) is 7.11 Å². The zero-order chi connectivity index (χ0) is 25.1. The molecule has 0 unspecified atom stereocenters. The summed E-state index contributed by atoms with van der Waals surface area (Å²) in [6.45, 7) is 14.0. The fourth-order valence-corrected chi connectivity index (χ4v) is 9.03. The van der Waals surface area contributed by atoms with E-state index in [1.54, 1.807) is 0 Å². The monoisotopic (exact) mass is 470 g/mol. The molecule has 3 saturated carbocycles. The third-order valence-electron chi connectivity index (χ3n) is 10.9. The number of rotatable bonds is 6. The predicted octanol–water partition coefficient (Wildman–Crippen LogP) is 6.13. The molecule has 0 aromatic rings. The Balaban J connectivity index is 1.57. The SMILES string of the molecule is CC[C@H](/C=C/[C@@H](C)[C@H]1CC[C@H]2[C@@H]3CC=C4C(=O)[C@](O)(C(=O)OC)C[C@]4(C)[C@H]3CC[C@]12C)C(C)C. The molecule has 0 aliphatic heterocycles. The third-order valence-corrected chi connectivity index (χ3v) is 10.9. The Labute approximate surface area is 206 Å². The van der Waals surface area contributed by atoms with Crippen LogP contribution in [0.25, 0.3) is 0 Å². The number of carbonyl (C=O) groups excluding carboxylic acids is 2. The van der Waals surface area contributed by atoms with Crippen molar-refractivity contribution in [2.24, 2.45) is 52.3 Å². The van der Waals surface area contributed by atoms with E-state index in [-0.39, 0.29) is 6.42 Å². The van der Waals surface area contributed by atoms with Crippen molar-refractivity contribution in [1.29, 1.82) is 0 Å². The second-order valence-corrected chi connectivity index (χ2v) is 12.8. The van der Waals surface area contributed by atoms with E-state index < -0.39 is 22.8 Å². The lowest BCUT2D eigenvalue weighted by molar-refractivity contribution is -0.166. The van der Waals surface area contributed by atoms with Crippen molar-refractivity contribution in [3.8, 4) is 0 Å². The highest BCUT2D eigenvalue weighted by atomic mass is 16.5. The maximum Gasteiger partial charge on any atom is 0.346 e. The van der Waals surface area contributed by atoms with Crippen LogP contribution in [0, 0.1) is 52.3 Å². The summed E-state index contributed by atoms with van der Waals surface area (Å²) in [6.07, 6.45) is 14.0. The van der Waals surface area contributed by atoms with Gasteiger partial charge in [0.1, 0.15) is 0 Å². The Kier molecular flexibility index (Phi) is 6.72. The van der Waals surface area contributed by atoms with E-state index >= 15 is 0 Å². The molecule has 4 rings (SSSR count). The highest BCUT2D eigenvalue weighted by molar-refractivity contribution is 6.18. The summed E-state index contributed by atoms with van der Waals surface area (Å²) in [5.41, 5.74) is -1.47. The Morgan fingerprint density at radius 3 is 2.50 bits per heavy atom. The molecule has 9 atom stereocenters. The second kappa shape index (κ2) is 8.91. The van der Waals surface area contributed by atoms with Crippen LogP contribution in [0.4, 0.5) is 0 Å². The molecular formula is C30H46O4. The third kappa shape index (κ3) is 3.65. The molecule has 0 aromatic carbocycles. The van der Waals surface area contributed by atoms with Crippen molar-refractivity contribution in [3.63, 3.8) is 0 Å². The molecule has 3 fully saturated rings. The summed E-state index contributed by atoms with van der Waals surface area (Å²) >= 11 is 0. The van der Waals surface area contributed by atoms with Crippen molar-refractivity contribution in [1.82, 2.24) is 0 Å². The molecule has 0 radical (unpaired) electrons. The lowest BCUT2D eigenvalue weighted by Gasteiger charge is -2.55. The summed E-state index contributed by atoms with van der Waals surface area (Å²) in [4.78, 5) is 25.5. The van der Waals surface area contributed by atoms with Crippen molar-refractivity contribution in [2.75, 3.05) is 7.11 Å². The smallest absolute Gasteiger partial charge is 0.346 e. The number of methoxy groups -OCH3 is 1. The van der Waals surface area contributed by atoms with E-state index in [1.807, 2.05) is 0 Å². The van der Waals surface area contributed by atoms with Crippen LogP contribution in [0.5, 0.6) is 0 Å². The molecule has 0 aromatic heterocycles. The Morgan fingerprint density at radius 1 is 1.18 bits per heavy atom. The van der Waals surface area contributed by atoms with Crippen molar-refractivity contribution < 1.29 is 19.4 Å². The largest absolute Gasteiger partial charge is 0.467 e. The molecule has 4 aliphatic carbocycles. The second-order valence-electron chi connectivity index (χ2n) is 12.8. The van der Waals surface area contributed by atoms with Crippen molar-refractivity contribution >= 4 is 11.8 Å². The van der Waals surface area contributed by atoms with Crippen LogP contribution in [-0.2, 0) is 14.3 Å². The van der Waals surface area contributed by atoms with Gasteiger partial charge in [0.2, 0.25) is 11.4 Å². The van der Waals surface area contributed by atoms with Gasteiger partial charge in [-0.3, -0.25) is 4.79 Å². The number of aliphatic hydroxyl groups is 1. The van der Waals surface area contributed by atoms with E-state index in [1.165, 1.54) is 26.4 Å². The van der Waals surface area contributed by atoms with Gasteiger partial charge in [-0.2, -0.15) is 0 Å². The fraction of sp³-hybridized carbons (Fsp3) is 0.800. The van der Waals surface area contributed by atoms with Gasteiger partial charge in [0.25, 0.3) is 0 Å². The van der Waals surface area contributed by atoms with Gasteiger partial charge >= 0.3 is 5.97 Å². The van der Waals surface area contributed by atoms with E-state index in [2.05, 4.69) is 59.8 Å². The highest BCUT2D eigenvalue weighted by Gasteiger charge is 2.67. The average molecular weight is 471 g/mol. The summed E-state index contributed by atoms with van der Waals surface area (Å²) in [5, 5.41) is 11.1. The molecule has 1 N–H and O–H groups in total. The van der Waals surface area contributed by atoms with Gasteiger partial charge in [-0.1, -0.05) is 59.8 Å². The number of Topliss-reactive ketones (excluding diaryl/α,β-unsaturated/α-hetero) is 1. The van der Waals surface area contributed by atoms with Crippen LogP contribution in [0.1, 0.15) is 86.5 Å². The number of esters is 1.